The molecule has 2 aromatic heterocycles. The van der Waals surface area contributed by atoms with Gasteiger partial charge in [0.2, 0.25) is 0 Å². The highest BCUT2D eigenvalue weighted by Crippen LogP contribution is 2.66. The molecule has 28 heavy (non-hydrogen) atoms. The number of nitrogens with one attached hydrogen (secondary N) is 1. The normalized spacial score (nSPS) is 17.6. The van der Waals surface area contributed by atoms with Crippen molar-refractivity contribution in [3.8, 4) is 11.3 Å². The molecule has 0 radical (unpaired) electrons. The third-order valence-electron chi connectivity index (χ3n) is 6.37. The second kappa shape index (κ2) is 5.92. The standard InChI is InChI=1S/C22H20ClN3O2/c1-11-6-14(12-9-22(10-12)3-4-22)15(23)7-13(11)17-8-18(27)19-16(26-17)2-5-25-20(19)21(24)28/h2,5-8,12H,3-4,9-10H2,1H3,(H2,24,28)(H,26,27). The Labute approximate surface area is 166 Å². The molecular weight excluding hydrogens is 374 g/mol. The number of benzene rings is 1. The molecular formula is C22H20ClN3O2. The first kappa shape index (κ1) is 17.4. The summed E-state index contributed by atoms with van der Waals surface area (Å²) < 4.78 is 0. The number of pyridine rings is 2. The van der Waals surface area contributed by atoms with E-state index in [1.807, 2.05) is 13.0 Å². The molecule has 2 heterocycles. The van der Waals surface area contributed by atoms with Crippen LogP contribution in [0.15, 0.2) is 35.3 Å². The van der Waals surface area contributed by atoms with Gasteiger partial charge < -0.3 is 10.7 Å². The molecule has 0 unspecified atom stereocenters. The summed E-state index contributed by atoms with van der Waals surface area (Å²) in [5.41, 5.74) is 10.0. The molecule has 1 aromatic carbocycles. The van der Waals surface area contributed by atoms with Crippen molar-refractivity contribution in [2.24, 2.45) is 11.1 Å². The van der Waals surface area contributed by atoms with Crippen molar-refractivity contribution in [2.75, 3.05) is 0 Å². The summed E-state index contributed by atoms with van der Waals surface area (Å²) in [6.45, 7) is 2.03. The summed E-state index contributed by atoms with van der Waals surface area (Å²) in [6.07, 6.45) is 6.66. The molecule has 0 aliphatic heterocycles. The van der Waals surface area contributed by atoms with Crippen LogP contribution in [-0.4, -0.2) is 15.9 Å². The SMILES string of the molecule is Cc1cc(C2CC3(CC3)C2)c(Cl)cc1-c1cc(=O)c2c(C(N)=O)nccc2[nH]1. The zero-order valence-corrected chi connectivity index (χ0v) is 16.3. The molecule has 1 amide bonds. The average molecular weight is 394 g/mol. The van der Waals surface area contributed by atoms with E-state index in [2.05, 4.69) is 16.0 Å². The Balaban J connectivity index is 1.59. The summed E-state index contributed by atoms with van der Waals surface area (Å²) in [5, 5.41) is 0.956. The number of amides is 1. The second-order valence-corrected chi connectivity index (χ2v) is 8.69. The number of nitrogens with zero attached hydrogens (tertiary/aromatic N) is 1. The second-order valence-electron chi connectivity index (χ2n) is 8.29. The number of fused-ring (bicyclic) bond motifs is 1. The van der Waals surface area contributed by atoms with E-state index < -0.39 is 5.91 Å². The molecule has 0 bridgehead atoms. The first-order valence-corrected chi connectivity index (χ1v) is 9.87. The van der Waals surface area contributed by atoms with Gasteiger partial charge in [0.1, 0.15) is 5.69 Å². The third kappa shape index (κ3) is 2.65. The van der Waals surface area contributed by atoms with Crippen LogP contribution in [0.2, 0.25) is 5.02 Å². The number of aromatic nitrogens is 2. The van der Waals surface area contributed by atoms with Gasteiger partial charge in [-0.3, -0.25) is 14.6 Å². The van der Waals surface area contributed by atoms with Gasteiger partial charge in [-0.25, -0.2) is 0 Å². The van der Waals surface area contributed by atoms with Crippen molar-refractivity contribution in [1.29, 1.82) is 0 Å². The van der Waals surface area contributed by atoms with Gasteiger partial charge in [0.05, 0.1) is 16.6 Å². The van der Waals surface area contributed by atoms with Gasteiger partial charge in [0.25, 0.3) is 5.91 Å². The number of aryl methyl sites for hydroxylation is 1. The average Bonchev–Trinajstić information content (AvgIpc) is 3.42. The van der Waals surface area contributed by atoms with Crippen LogP contribution in [0.3, 0.4) is 0 Å². The smallest absolute Gasteiger partial charge is 0.268 e. The van der Waals surface area contributed by atoms with Crippen molar-refractivity contribution in [3.05, 3.63) is 62.5 Å². The van der Waals surface area contributed by atoms with Crippen LogP contribution in [0.5, 0.6) is 0 Å². The summed E-state index contributed by atoms with van der Waals surface area (Å²) in [5.74, 6) is -0.177. The summed E-state index contributed by atoms with van der Waals surface area (Å²) in [7, 11) is 0. The molecule has 2 aliphatic carbocycles. The highest BCUT2D eigenvalue weighted by Gasteiger charge is 2.53. The van der Waals surface area contributed by atoms with Crippen LogP contribution in [-0.2, 0) is 0 Å². The highest BCUT2D eigenvalue weighted by atomic mass is 35.5. The van der Waals surface area contributed by atoms with Gasteiger partial charge in [-0.05, 0) is 67.2 Å². The van der Waals surface area contributed by atoms with Crippen molar-refractivity contribution in [2.45, 2.75) is 38.5 Å². The van der Waals surface area contributed by atoms with Crippen LogP contribution in [0.1, 0.15) is 53.2 Å². The van der Waals surface area contributed by atoms with Gasteiger partial charge in [0.15, 0.2) is 5.43 Å². The van der Waals surface area contributed by atoms with Crippen molar-refractivity contribution < 1.29 is 4.79 Å². The van der Waals surface area contributed by atoms with Gasteiger partial charge in [0, 0.05) is 22.8 Å². The Bertz CT molecular complexity index is 1200. The molecule has 2 saturated carbocycles. The molecule has 0 saturated heterocycles. The maximum absolute atomic E-state index is 12.7. The van der Waals surface area contributed by atoms with Gasteiger partial charge in [-0.1, -0.05) is 17.7 Å². The lowest BCUT2D eigenvalue weighted by molar-refractivity contribution is 0.0997. The monoisotopic (exact) mass is 393 g/mol. The van der Waals surface area contributed by atoms with E-state index in [1.54, 1.807) is 6.07 Å². The number of halogens is 1. The topological polar surface area (TPSA) is 88.8 Å². The fourth-order valence-electron chi connectivity index (χ4n) is 4.63. The molecule has 3 N–H and O–H groups in total. The summed E-state index contributed by atoms with van der Waals surface area (Å²) in [4.78, 5) is 31.5. The fraction of sp³-hybridized carbons (Fsp3) is 0.318. The van der Waals surface area contributed by atoms with E-state index in [-0.39, 0.29) is 16.5 Å². The number of nitrogens with two attached hydrogens (primary N) is 1. The van der Waals surface area contributed by atoms with E-state index in [4.69, 9.17) is 17.3 Å². The summed E-state index contributed by atoms with van der Waals surface area (Å²) in [6, 6.07) is 7.25. The number of rotatable bonds is 3. The lowest BCUT2D eigenvalue weighted by Crippen LogP contribution is -2.23. The van der Waals surface area contributed by atoms with E-state index in [0.29, 0.717) is 22.5 Å². The van der Waals surface area contributed by atoms with Crippen molar-refractivity contribution in [3.63, 3.8) is 0 Å². The minimum atomic E-state index is -0.721. The molecule has 3 aromatic rings. The van der Waals surface area contributed by atoms with E-state index in [9.17, 15) is 9.59 Å². The molecule has 1 spiro atoms. The molecule has 142 valence electrons. The first-order chi connectivity index (χ1) is 13.4. The zero-order chi connectivity index (χ0) is 19.6. The molecule has 6 heteroatoms. The maximum atomic E-state index is 12.7. The van der Waals surface area contributed by atoms with Gasteiger partial charge in [-0.15, -0.1) is 0 Å². The molecule has 2 aliphatic rings. The van der Waals surface area contributed by atoms with Crippen molar-refractivity contribution in [1.82, 2.24) is 9.97 Å². The van der Waals surface area contributed by atoms with E-state index >= 15 is 0 Å². The number of hydrogen-bond donors (Lipinski definition) is 2. The van der Waals surface area contributed by atoms with Crippen LogP contribution in [0.25, 0.3) is 22.2 Å². The number of H-pyrrole nitrogens is 1. The van der Waals surface area contributed by atoms with Gasteiger partial charge in [-0.2, -0.15) is 0 Å². The maximum Gasteiger partial charge on any atom is 0.268 e. The fourth-order valence-corrected chi connectivity index (χ4v) is 4.95. The Kier molecular flexibility index (Phi) is 3.68. The Hall–Kier alpha value is -2.66. The van der Waals surface area contributed by atoms with E-state index in [0.717, 1.165) is 16.1 Å². The largest absolute Gasteiger partial charge is 0.364 e. The Morgan fingerprint density at radius 2 is 2.04 bits per heavy atom. The number of hydrogen-bond acceptors (Lipinski definition) is 3. The number of primary amides is 1. The third-order valence-corrected chi connectivity index (χ3v) is 6.69. The quantitative estimate of drug-likeness (QED) is 0.694. The Morgan fingerprint density at radius 1 is 1.29 bits per heavy atom. The predicted molar refractivity (Wildman–Crippen MR) is 110 cm³/mol. The molecule has 5 rings (SSSR count). The Morgan fingerprint density at radius 3 is 2.71 bits per heavy atom. The van der Waals surface area contributed by atoms with Gasteiger partial charge >= 0.3 is 0 Å². The van der Waals surface area contributed by atoms with E-state index in [1.165, 1.54) is 43.5 Å². The molecule has 5 nitrogen and oxygen atoms in total. The van der Waals surface area contributed by atoms with Crippen LogP contribution in [0.4, 0.5) is 0 Å². The lowest BCUT2D eigenvalue weighted by atomic mass is 9.68. The minimum Gasteiger partial charge on any atom is -0.364 e. The number of carbonyl (C=O) groups excluding carboxylic acids is 1. The van der Waals surface area contributed by atoms with Crippen LogP contribution in [0, 0.1) is 12.3 Å². The lowest BCUT2D eigenvalue weighted by Gasteiger charge is -2.37. The number of carbonyl (C=O) groups is 1. The van der Waals surface area contributed by atoms with Crippen LogP contribution >= 0.6 is 11.6 Å². The summed E-state index contributed by atoms with van der Waals surface area (Å²) >= 11 is 6.63. The predicted octanol–water partition coefficient (Wildman–Crippen LogP) is 4.31. The number of aromatic amines is 1. The first-order valence-electron chi connectivity index (χ1n) is 9.49. The molecule has 0 atom stereocenters. The minimum absolute atomic E-state index is 0.0191. The molecule has 2 fully saturated rings. The van der Waals surface area contributed by atoms with Crippen LogP contribution < -0.4 is 11.2 Å². The van der Waals surface area contributed by atoms with Crippen molar-refractivity contribution >= 4 is 28.4 Å². The highest BCUT2D eigenvalue weighted by molar-refractivity contribution is 6.31. The zero-order valence-electron chi connectivity index (χ0n) is 15.5.